The van der Waals surface area contributed by atoms with Crippen molar-refractivity contribution in [3.8, 4) is 0 Å². The third-order valence-corrected chi connectivity index (χ3v) is 5.46. The zero-order chi connectivity index (χ0) is 13.2. The molecule has 102 valence electrons. The third kappa shape index (κ3) is 3.27. The van der Waals surface area contributed by atoms with E-state index in [0.29, 0.717) is 6.04 Å². The lowest BCUT2D eigenvalue weighted by molar-refractivity contribution is 0.171. The lowest BCUT2D eigenvalue weighted by atomic mass is 9.98. The van der Waals surface area contributed by atoms with Crippen LogP contribution in [0.3, 0.4) is 0 Å². The van der Waals surface area contributed by atoms with Crippen LogP contribution in [0.4, 0.5) is 0 Å². The molecule has 0 amide bonds. The molecule has 0 saturated carbocycles. The van der Waals surface area contributed by atoms with Crippen LogP contribution < -0.4 is 5.32 Å². The summed E-state index contributed by atoms with van der Waals surface area (Å²) in [6.45, 7) is 10.3. The Morgan fingerprint density at radius 3 is 2.94 bits per heavy atom. The van der Waals surface area contributed by atoms with Crippen LogP contribution in [0.2, 0.25) is 4.34 Å². The number of halogens is 1. The van der Waals surface area contributed by atoms with Gasteiger partial charge in [0.2, 0.25) is 0 Å². The number of hydrogen-bond donors (Lipinski definition) is 1. The molecular formula is C14H23ClN2S. The van der Waals surface area contributed by atoms with Crippen molar-refractivity contribution in [1.82, 2.24) is 10.2 Å². The maximum atomic E-state index is 6.05. The number of hydrogen-bond acceptors (Lipinski definition) is 3. The van der Waals surface area contributed by atoms with Gasteiger partial charge in [-0.15, -0.1) is 11.3 Å². The topological polar surface area (TPSA) is 15.3 Å². The Morgan fingerprint density at radius 1 is 1.56 bits per heavy atom. The first-order chi connectivity index (χ1) is 8.54. The van der Waals surface area contributed by atoms with E-state index in [9.17, 15) is 0 Å². The fourth-order valence-electron chi connectivity index (χ4n) is 2.56. The van der Waals surface area contributed by atoms with Gasteiger partial charge in [-0.2, -0.15) is 0 Å². The van der Waals surface area contributed by atoms with Crippen LogP contribution in [0.15, 0.2) is 12.1 Å². The second-order valence-electron chi connectivity index (χ2n) is 5.48. The van der Waals surface area contributed by atoms with Crippen LogP contribution in [0.1, 0.15) is 44.5 Å². The Bertz CT molecular complexity index is 393. The minimum Gasteiger partial charge on any atom is -0.310 e. The molecule has 0 spiro atoms. The first-order valence-corrected chi connectivity index (χ1v) is 7.98. The zero-order valence-electron chi connectivity index (χ0n) is 11.5. The van der Waals surface area contributed by atoms with Crippen molar-refractivity contribution in [3.05, 3.63) is 21.3 Å². The highest BCUT2D eigenvalue weighted by Crippen LogP contribution is 2.32. The van der Waals surface area contributed by atoms with E-state index in [1.165, 1.54) is 24.3 Å². The normalized spacial score (nSPS) is 28.0. The van der Waals surface area contributed by atoms with Gasteiger partial charge in [0, 0.05) is 29.5 Å². The molecule has 2 heterocycles. The number of rotatable bonds is 3. The summed E-state index contributed by atoms with van der Waals surface area (Å²) >= 11 is 7.75. The van der Waals surface area contributed by atoms with Crippen LogP contribution in [0.25, 0.3) is 0 Å². The Morgan fingerprint density at radius 2 is 2.33 bits per heavy atom. The first kappa shape index (κ1) is 14.3. The minimum atomic E-state index is 0.242. The Hall–Kier alpha value is -0.0900. The summed E-state index contributed by atoms with van der Waals surface area (Å²) in [5.41, 5.74) is 0.242. The Labute approximate surface area is 119 Å². The molecule has 2 unspecified atom stereocenters. The van der Waals surface area contributed by atoms with Gasteiger partial charge in [0.15, 0.2) is 0 Å². The lowest BCUT2D eigenvalue weighted by Crippen LogP contribution is -2.48. The fourth-order valence-corrected chi connectivity index (χ4v) is 3.70. The van der Waals surface area contributed by atoms with Gasteiger partial charge < -0.3 is 5.32 Å². The molecule has 2 atom stereocenters. The molecular weight excluding hydrogens is 264 g/mol. The molecule has 2 rings (SSSR count). The van der Waals surface area contributed by atoms with E-state index in [1.54, 1.807) is 11.3 Å². The predicted octanol–water partition coefficient (Wildman–Crippen LogP) is 3.93. The molecule has 1 saturated heterocycles. The second kappa shape index (κ2) is 5.91. The summed E-state index contributed by atoms with van der Waals surface area (Å²) in [5, 5.41) is 3.68. The number of thiophene rings is 1. The SMILES string of the molecule is CCC1(C)CN(C(C)c2ccc(Cl)s2)CCCN1. The van der Waals surface area contributed by atoms with E-state index in [4.69, 9.17) is 11.6 Å². The van der Waals surface area contributed by atoms with Crippen molar-refractivity contribution in [3.63, 3.8) is 0 Å². The van der Waals surface area contributed by atoms with Crippen LogP contribution in [0.5, 0.6) is 0 Å². The summed E-state index contributed by atoms with van der Waals surface area (Å²) in [6, 6.07) is 4.64. The monoisotopic (exact) mass is 286 g/mol. The molecule has 1 N–H and O–H groups in total. The van der Waals surface area contributed by atoms with Crippen molar-refractivity contribution in [2.45, 2.75) is 45.2 Å². The van der Waals surface area contributed by atoms with Crippen LogP contribution in [-0.2, 0) is 0 Å². The average molecular weight is 287 g/mol. The van der Waals surface area contributed by atoms with Crippen molar-refractivity contribution in [2.75, 3.05) is 19.6 Å². The molecule has 1 fully saturated rings. The van der Waals surface area contributed by atoms with Gasteiger partial charge in [-0.05, 0) is 45.4 Å². The Balaban J connectivity index is 2.11. The third-order valence-electron chi connectivity index (χ3n) is 4.06. The van der Waals surface area contributed by atoms with Gasteiger partial charge in [-0.1, -0.05) is 18.5 Å². The predicted molar refractivity (Wildman–Crippen MR) is 80.6 cm³/mol. The van der Waals surface area contributed by atoms with E-state index in [0.717, 1.165) is 17.4 Å². The summed E-state index contributed by atoms with van der Waals surface area (Å²) in [7, 11) is 0. The quantitative estimate of drug-likeness (QED) is 0.906. The summed E-state index contributed by atoms with van der Waals surface area (Å²) in [5.74, 6) is 0. The van der Waals surface area contributed by atoms with Crippen molar-refractivity contribution < 1.29 is 0 Å². The second-order valence-corrected chi connectivity index (χ2v) is 7.23. The van der Waals surface area contributed by atoms with Crippen molar-refractivity contribution in [1.29, 1.82) is 0 Å². The highest BCUT2D eigenvalue weighted by atomic mass is 35.5. The van der Waals surface area contributed by atoms with Gasteiger partial charge in [0.1, 0.15) is 0 Å². The molecule has 1 aliphatic rings. The molecule has 0 radical (unpaired) electrons. The van der Waals surface area contributed by atoms with Gasteiger partial charge in [-0.3, -0.25) is 4.90 Å². The van der Waals surface area contributed by atoms with Crippen molar-refractivity contribution >= 4 is 22.9 Å². The minimum absolute atomic E-state index is 0.242. The summed E-state index contributed by atoms with van der Waals surface area (Å²) < 4.78 is 0.892. The largest absolute Gasteiger partial charge is 0.310 e. The standard InChI is InChI=1S/C14H23ClN2S/c1-4-14(3)10-17(9-5-8-16-14)11(2)12-6-7-13(15)18-12/h6-7,11,16H,4-5,8-10H2,1-3H3. The van der Waals surface area contributed by atoms with E-state index < -0.39 is 0 Å². The molecule has 1 aliphatic heterocycles. The first-order valence-electron chi connectivity index (χ1n) is 6.78. The lowest BCUT2D eigenvalue weighted by Gasteiger charge is -2.35. The summed E-state index contributed by atoms with van der Waals surface area (Å²) in [4.78, 5) is 3.96. The highest BCUT2D eigenvalue weighted by Gasteiger charge is 2.30. The van der Waals surface area contributed by atoms with E-state index in [2.05, 4.69) is 37.1 Å². The van der Waals surface area contributed by atoms with Gasteiger partial charge >= 0.3 is 0 Å². The molecule has 2 nitrogen and oxygen atoms in total. The highest BCUT2D eigenvalue weighted by molar-refractivity contribution is 7.16. The maximum absolute atomic E-state index is 6.05. The molecule has 0 aromatic carbocycles. The molecule has 1 aromatic rings. The number of nitrogens with one attached hydrogen (secondary N) is 1. The Kier molecular flexibility index (Phi) is 4.70. The van der Waals surface area contributed by atoms with E-state index in [1.807, 2.05) is 6.07 Å². The molecule has 0 aliphatic carbocycles. The van der Waals surface area contributed by atoms with E-state index >= 15 is 0 Å². The van der Waals surface area contributed by atoms with E-state index in [-0.39, 0.29) is 5.54 Å². The molecule has 0 bridgehead atoms. The van der Waals surface area contributed by atoms with Crippen LogP contribution in [0, 0.1) is 0 Å². The fraction of sp³-hybridized carbons (Fsp3) is 0.714. The van der Waals surface area contributed by atoms with Crippen LogP contribution >= 0.6 is 22.9 Å². The number of nitrogens with zero attached hydrogens (tertiary/aromatic N) is 1. The van der Waals surface area contributed by atoms with Crippen LogP contribution in [-0.4, -0.2) is 30.1 Å². The summed E-state index contributed by atoms with van der Waals surface area (Å²) in [6.07, 6.45) is 2.39. The zero-order valence-corrected chi connectivity index (χ0v) is 13.1. The average Bonchev–Trinajstić information content (AvgIpc) is 2.68. The molecule has 4 heteroatoms. The molecule has 18 heavy (non-hydrogen) atoms. The van der Waals surface area contributed by atoms with Gasteiger partial charge in [-0.25, -0.2) is 0 Å². The van der Waals surface area contributed by atoms with Crippen molar-refractivity contribution in [2.24, 2.45) is 0 Å². The van der Waals surface area contributed by atoms with Gasteiger partial charge in [0.25, 0.3) is 0 Å². The maximum Gasteiger partial charge on any atom is 0.0931 e. The molecule has 1 aromatic heterocycles. The smallest absolute Gasteiger partial charge is 0.0931 e. The van der Waals surface area contributed by atoms with Gasteiger partial charge in [0.05, 0.1) is 4.34 Å².